The number of carbonyl (C=O) groups is 1. The zero-order valence-corrected chi connectivity index (χ0v) is 6.10. The van der Waals surface area contributed by atoms with E-state index < -0.39 is 0 Å². The van der Waals surface area contributed by atoms with Gasteiger partial charge in [0.15, 0.2) is 0 Å². The summed E-state index contributed by atoms with van der Waals surface area (Å²) in [5, 5.41) is 0. The van der Waals surface area contributed by atoms with Gasteiger partial charge in [0.2, 0.25) is 0 Å². The molecule has 1 aliphatic heterocycles. The molecule has 0 N–H and O–H groups in total. The lowest BCUT2D eigenvalue weighted by Gasteiger charge is -2.07. The lowest BCUT2D eigenvalue weighted by molar-refractivity contribution is -0.121. The zero-order valence-electron chi connectivity index (χ0n) is 6.10. The summed E-state index contributed by atoms with van der Waals surface area (Å²) in [4.78, 5) is 12.5. The van der Waals surface area contributed by atoms with Crippen molar-refractivity contribution in [2.75, 3.05) is 0 Å². The Balaban J connectivity index is 2.74. The van der Waals surface area contributed by atoms with Gasteiger partial charge in [-0.05, 0) is 18.2 Å². The van der Waals surface area contributed by atoms with Crippen LogP contribution in [0.4, 0.5) is 0 Å². The number of hydrogen-bond acceptors (Lipinski definition) is 1. The minimum atomic E-state index is -0.124. The van der Waals surface area contributed by atoms with Crippen LogP contribution < -0.4 is 0 Å². The van der Waals surface area contributed by atoms with E-state index in [4.69, 9.17) is 0 Å². The summed E-state index contributed by atoms with van der Waals surface area (Å²) >= 11 is 0. The standard InChI is InChI=1S/C9H9NO/c1-2-9(11)10-7-5-3-4-6-8-10/h2-8H,1H2. The first-order valence-corrected chi connectivity index (χ1v) is 3.31. The Hall–Kier alpha value is -1.57. The van der Waals surface area contributed by atoms with Gasteiger partial charge in [-0.1, -0.05) is 18.7 Å². The van der Waals surface area contributed by atoms with Gasteiger partial charge < -0.3 is 0 Å². The summed E-state index contributed by atoms with van der Waals surface area (Å²) in [7, 11) is 0. The molecular formula is C9H9NO. The summed E-state index contributed by atoms with van der Waals surface area (Å²) < 4.78 is 0. The van der Waals surface area contributed by atoms with Crippen molar-refractivity contribution in [1.29, 1.82) is 0 Å². The van der Waals surface area contributed by atoms with Crippen molar-refractivity contribution in [1.82, 2.24) is 4.90 Å². The van der Waals surface area contributed by atoms with Crippen molar-refractivity contribution in [3.05, 3.63) is 49.4 Å². The van der Waals surface area contributed by atoms with Crippen LogP contribution in [0.3, 0.4) is 0 Å². The molecule has 1 heterocycles. The number of amides is 1. The summed E-state index contributed by atoms with van der Waals surface area (Å²) in [6.07, 6.45) is 11.9. The molecular weight excluding hydrogens is 138 g/mol. The molecule has 0 atom stereocenters. The van der Waals surface area contributed by atoms with Gasteiger partial charge in [-0.3, -0.25) is 9.69 Å². The van der Waals surface area contributed by atoms with Crippen LogP contribution in [0.1, 0.15) is 0 Å². The summed E-state index contributed by atoms with van der Waals surface area (Å²) in [5.41, 5.74) is 0. The van der Waals surface area contributed by atoms with E-state index in [1.54, 1.807) is 24.6 Å². The Morgan fingerprint density at radius 1 is 1.18 bits per heavy atom. The molecule has 0 unspecified atom stereocenters. The van der Waals surface area contributed by atoms with Gasteiger partial charge in [-0.25, -0.2) is 0 Å². The monoisotopic (exact) mass is 147 g/mol. The highest BCUT2D eigenvalue weighted by atomic mass is 16.2. The van der Waals surface area contributed by atoms with Crippen LogP contribution in [0.2, 0.25) is 0 Å². The maximum atomic E-state index is 11.0. The van der Waals surface area contributed by atoms with Gasteiger partial charge in [0.25, 0.3) is 5.91 Å². The first-order chi connectivity index (χ1) is 5.34. The second-order valence-corrected chi connectivity index (χ2v) is 2.02. The quantitative estimate of drug-likeness (QED) is 0.516. The van der Waals surface area contributed by atoms with E-state index in [2.05, 4.69) is 6.58 Å². The van der Waals surface area contributed by atoms with Crippen molar-refractivity contribution >= 4 is 5.91 Å². The first-order valence-electron chi connectivity index (χ1n) is 3.31. The van der Waals surface area contributed by atoms with E-state index in [1.807, 2.05) is 12.2 Å². The fraction of sp³-hybridized carbons (Fsp3) is 0. The van der Waals surface area contributed by atoms with Crippen molar-refractivity contribution < 1.29 is 4.79 Å². The molecule has 1 aliphatic rings. The lowest BCUT2D eigenvalue weighted by atomic mass is 10.5. The van der Waals surface area contributed by atoms with E-state index in [0.29, 0.717) is 0 Å². The third-order valence-corrected chi connectivity index (χ3v) is 1.26. The van der Waals surface area contributed by atoms with Crippen LogP contribution in [0.5, 0.6) is 0 Å². The summed E-state index contributed by atoms with van der Waals surface area (Å²) in [5.74, 6) is -0.124. The molecule has 0 saturated heterocycles. The second kappa shape index (κ2) is 3.56. The van der Waals surface area contributed by atoms with Crippen molar-refractivity contribution in [2.24, 2.45) is 0 Å². The van der Waals surface area contributed by atoms with Crippen LogP contribution >= 0.6 is 0 Å². The minimum Gasteiger partial charge on any atom is -0.291 e. The largest absolute Gasteiger partial charge is 0.291 e. The summed E-state index contributed by atoms with van der Waals surface area (Å²) in [6.45, 7) is 3.39. The van der Waals surface area contributed by atoms with Gasteiger partial charge in [0, 0.05) is 12.4 Å². The predicted molar refractivity (Wildman–Crippen MR) is 44.5 cm³/mol. The highest BCUT2D eigenvalue weighted by Gasteiger charge is 2.00. The topological polar surface area (TPSA) is 20.3 Å². The molecule has 56 valence electrons. The Kier molecular flexibility index (Phi) is 2.44. The highest BCUT2D eigenvalue weighted by Crippen LogP contribution is 1.98. The molecule has 0 spiro atoms. The highest BCUT2D eigenvalue weighted by molar-refractivity contribution is 5.88. The van der Waals surface area contributed by atoms with Crippen LogP contribution in [0, 0.1) is 0 Å². The summed E-state index contributed by atoms with van der Waals surface area (Å²) in [6, 6.07) is 0. The third-order valence-electron chi connectivity index (χ3n) is 1.26. The van der Waals surface area contributed by atoms with Gasteiger partial charge in [0.1, 0.15) is 0 Å². The normalized spacial score (nSPS) is 14.7. The average Bonchev–Trinajstić information content (AvgIpc) is 2.30. The fourth-order valence-corrected chi connectivity index (χ4v) is 0.715. The molecule has 0 fully saturated rings. The molecule has 11 heavy (non-hydrogen) atoms. The lowest BCUT2D eigenvalue weighted by Crippen LogP contribution is -2.16. The maximum Gasteiger partial charge on any atom is 0.253 e. The fourth-order valence-electron chi connectivity index (χ4n) is 0.715. The average molecular weight is 147 g/mol. The van der Waals surface area contributed by atoms with Crippen molar-refractivity contribution in [3.8, 4) is 0 Å². The molecule has 1 rings (SSSR count). The molecule has 2 nitrogen and oxygen atoms in total. The van der Waals surface area contributed by atoms with Gasteiger partial charge in [-0.2, -0.15) is 0 Å². The van der Waals surface area contributed by atoms with Crippen LogP contribution in [-0.2, 0) is 4.79 Å². The first kappa shape index (κ1) is 7.54. The van der Waals surface area contributed by atoms with Crippen LogP contribution in [-0.4, -0.2) is 10.8 Å². The zero-order chi connectivity index (χ0) is 8.10. The van der Waals surface area contributed by atoms with E-state index in [0.717, 1.165) is 0 Å². The number of carbonyl (C=O) groups excluding carboxylic acids is 1. The smallest absolute Gasteiger partial charge is 0.253 e. The maximum absolute atomic E-state index is 11.0. The van der Waals surface area contributed by atoms with E-state index in [-0.39, 0.29) is 5.91 Å². The molecule has 0 bridgehead atoms. The Morgan fingerprint density at radius 3 is 2.18 bits per heavy atom. The van der Waals surface area contributed by atoms with E-state index in [1.165, 1.54) is 11.0 Å². The molecule has 0 saturated carbocycles. The molecule has 0 aliphatic carbocycles. The Morgan fingerprint density at radius 2 is 1.73 bits per heavy atom. The van der Waals surface area contributed by atoms with Crippen LogP contribution in [0.25, 0.3) is 0 Å². The molecule has 0 aromatic rings. The van der Waals surface area contributed by atoms with Gasteiger partial charge in [-0.15, -0.1) is 0 Å². The number of allylic oxidation sites excluding steroid dienone is 4. The van der Waals surface area contributed by atoms with Crippen molar-refractivity contribution in [2.45, 2.75) is 0 Å². The molecule has 1 amide bonds. The third kappa shape index (κ3) is 1.93. The predicted octanol–water partition coefficient (Wildman–Crippen LogP) is 1.60. The SMILES string of the molecule is C=CC(=O)N1C=CC=CC=C1. The second-order valence-electron chi connectivity index (χ2n) is 2.02. The van der Waals surface area contributed by atoms with Gasteiger partial charge in [0.05, 0.1) is 0 Å². The molecule has 0 radical (unpaired) electrons. The number of hydrogen-bond donors (Lipinski definition) is 0. The van der Waals surface area contributed by atoms with Gasteiger partial charge >= 0.3 is 0 Å². The van der Waals surface area contributed by atoms with E-state index in [9.17, 15) is 4.79 Å². The minimum absolute atomic E-state index is 0.124. The van der Waals surface area contributed by atoms with Crippen molar-refractivity contribution in [3.63, 3.8) is 0 Å². The van der Waals surface area contributed by atoms with Crippen LogP contribution in [0.15, 0.2) is 49.4 Å². The molecule has 2 heteroatoms. The van der Waals surface area contributed by atoms with E-state index >= 15 is 0 Å². The number of rotatable bonds is 1. The Labute approximate surface area is 65.8 Å². The molecule has 0 aromatic carbocycles. The molecule has 0 aromatic heterocycles. The number of nitrogens with zero attached hydrogens (tertiary/aromatic N) is 1. The Bertz CT molecular complexity index is 232.